The van der Waals surface area contributed by atoms with Crippen molar-refractivity contribution in [3.63, 3.8) is 0 Å². The van der Waals surface area contributed by atoms with Gasteiger partial charge in [-0.1, -0.05) is 12.1 Å². The van der Waals surface area contributed by atoms with Gasteiger partial charge in [-0.15, -0.1) is 0 Å². The van der Waals surface area contributed by atoms with Crippen molar-refractivity contribution in [2.45, 2.75) is 11.4 Å². The number of nitrogens with one attached hydrogen (secondary N) is 2. The molecule has 2 aromatic carbocycles. The van der Waals surface area contributed by atoms with E-state index in [4.69, 9.17) is 4.42 Å². The lowest BCUT2D eigenvalue weighted by atomic mass is 10.2. The van der Waals surface area contributed by atoms with Crippen molar-refractivity contribution in [1.82, 2.24) is 14.7 Å². The van der Waals surface area contributed by atoms with E-state index >= 15 is 0 Å². The largest absolute Gasteiger partial charge is 0.468 e. The van der Waals surface area contributed by atoms with Gasteiger partial charge in [0.2, 0.25) is 10.0 Å². The van der Waals surface area contributed by atoms with Crippen LogP contribution < -0.4 is 4.72 Å². The zero-order chi connectivity index (χ0) is 17.3. The Kier molecular flexibility index (Phi) is 3.87. The first-order valence-corrected chi connectivity index (χ1v) is 9.17. The molecule has 0 aliphatic heterocycles. The number of hydrogen-bond donors (Lipinski definition) is 2. The highest BCUT2D eigenvalue weighted by Gasteiger charge is 2.15. The maximum Gasteiger partial charge on any atom is 0.240 e. The molecule has 126 valence electrons. The summed E-state index contributed by atoms with van der Waals surface area (Å²) in [5, 5.41) is 0. The third-order valence-corrected chi connectivity index (χ3v) is 5.26. The Hall–Kier alpha value is -2.90. The Bertz CT molecular complexity index is 1070. The lowest BCUT2D eigenvalue weighted by Crippen LogP contribution is -2.22. The van der Waals surface area contributed by atoms with Gasteiger partial charge in [-0.25, -0.2) is 18.1 Å². The van der Waals surface area contributed by atoms with E-state index in [0.717, 1.165) is 16.6 Å². The molecule has 25 heavy (non-hydrogen) atoms. The van der Waals surface area contributed by atoms with Crippen LogP contribution in [0, 0.1) is 0 Å². The second-order valence-electron chi connectivity index (χ2n) is 5.53. The first kappa shape index (κ1) is 15.6. The molecule has 2 N–H and O–H groups in total. The van der Waals surface area contributed by atoms with Crippen molar-refractivity contribution >= 4 is 21.1 Å². The Labute approximate surface area is 144 Å². The van der Waals surface area contributed by atoms with E-state index < -0.39 is 10.0 Å². The van der Waals surface area contributed by atoms with Gasteiger partial charge in [-0.3, -0.25) is 0 Å². The summed E-state index contributed by atoms with van der Waals surface area (Å²) in [4.78, 5) is 7.93. The summed E-state index contributed by atoms with van der Waals surface area (Å²) in [6.45, 7) is 0.112. The maximum absolute atomic E-state index is 12.3. The van der Waals surface area contributed by atoms with Crippen molar-refractivity contribution in [2.24, 2.45) is 0 Å². The highest BCUT2D eigenvalue weighted by molar-refractivity contribution is 7.89. The molecule has 0 atom stereocenters. The standard InChI is InChI=1S/C18H15N3O3S/c22-25(23,19-12-14-4-3-11-24-14)15-9-7-13(8-10-15)18-20-16-5-1-2-6-17(16)21-18/h1-11,19H,12H2,(H,20,21). The maximum atomic E-state index is 12.3. The molecule has 0 spiro atoms. The molecule has 7 heteroatoms. The molecule has 2 heterocycles. The molecule has 0 unspecified atom stereocenters. The average Bonchev–Trinajstić information content (AvgIpc) is 3.29. The van der Waals surface area contributed by atoms with E-state index in [-0.39, 0.29) is 11.4 Å². The van der Waals surface area contributed by atoms with E-state index in [9.17, 15) is 8.42 Å². The van der Waals surface area contributed by atoms with Gasteiger partial charge in [0.25, 0.3) is 0 Å². The zero-order valence-corrected chi connectivity index (χ0v) is 14.0. The molecule has 6 nitrogen and oxygen atoms in total. The number of aromatic nitrogens is 2. The topological polar surface area (TPSA) is 88.0 Å². The van der Waals surface area contributed by atoms with E-state index in [1.165, 1.54) is 6.26 Å². The normalized spacial score (nSPS) is 11.8. The van der Waals surface area contributed by atoms with Crippen molar-refractivity contribution < 1.29 is 12.8 Å². The van der Waals surface area contributed by atoms with Gasteiger partial charge in [0.05, 0.1) is 28.7 Å². The Morgan fingerprint density at radius 3 is 2.52 bits per heavy atom. The van der Waals surface area contributed by atoms with Gasteiger partial charge in [-0.2, -0.15) is 0 Å². The number of para-hydroxylation sites is 2. The molecular formula is C18H15N3O3S. The fraction of sp³-hybridized carbons (Fsp3) is 0.0556. The second kappa shape index (κ2) is 6.19. The summed E-state index contributed by atoms with van der Waals surface area (Å²) in [5.74, 6) is 1.26. The number of sulfonamides is 1. The third-order valence-electron chi connectivity index (χ3n) is 3.84. The minimum absolute atomic E-state index is 0.112. The summed E-state index contributed by atoms with van der Waals surface area (Å²) in [7, 11) is -3.60. The van der Waals surface area contributed by atoms with Gasteiger partial charge in [0.15, 0.2) is 0 Å². The van der Waals surface area contributed by atoms with Crippen LogP contribution in [0.2, 0.25) is 0 Å². The van der Waals surface area contributed by atoms with Crippen molar-refractivity contribution in [2.75, 3.05) is 0 Å². The molecule has 4 aromatic rings. The number of furan rings is 1. The monoisotopic (exact) mass is 353 g/mol. The minimum atomic E-state index is -3.60. The molecule has 0 aliphatic carbocycles. The van der Waals surface area contributed by atoms with Crippen LogP contribution in [0.25, 0.3) is 22.4 Å². The smallest absolute Gasteiger partial charge is 0.240 e. The fourth-order valence-corrected chi connectivity index (χ4v) is 3.54. The molecule has 0 saturated heterocycles. The Morgan fingerprint density at radius 2 is 1.80 bits per heavy atom. The first-order valence-electron chi connectivity index (χ1n) is 7.69. The highest BCUT2D eigenvalue weighted by Crippen LogP contribution is 2.22. The Balaban J connectivity index is 1.56. The van der Waals surface area contributed by atoms with Crippen LogP contribution in [-0.4, -0.2) is 18.4 Å². The number of aromatic amines is 1. The lowest BCUT2D eigenvalue weighted by molar-refractivity contribution is 0.498. The third kappa shape index (κ3) is 3.19. The van der Waals surface area contributed by atoms with Crippen LogP contribution in [0.15, 0.2) is 76.2 Å². The van der Waals surface area contributed by atoms with Gasteiger partial charge in [0, 0.05) is 5.56 Å². The van der Waals surface area contributed by atoms with E-state index in [2.05, 4.69) is 14.7 Å². The van der Waals surface area contributed by atoms with Crippen LogP contribution in [0.3, 0.4) is 0 Å². The zero-order valence-electron chi connectivity index (χ0n) is 13.1. The van der Waals surface area contributed by atoms with Gasteiger partial charge in [0.1, 0.15) is 11.6 Å². The van der Waals surface area contributed by atoms with Gasteiger partial charge < -0.3 is 9.40 Å². The summed E-state index contributed by atoms with van der Waals surface area (Å²) in [6.07, 6.45) is 1.51. The quantitative estimate of drug-likeness (QED) is 0.576. The minimum Gasteiger partial charge on any atom is -0.468 e. The van der Waals surface area contributed by atoms with Crippen LogP contribution in [0.4, 0.5) is 0 Å². The van der Waals surface area contributed by atoms with Crippen molar-refractivity contribution in [3.05, 3.63) is 72.7 Å². The van der Waals surface area contributed by atoms with Crippen LogP contribution in [0.5, 0.6) is 0 Å². The molecule has 0 radical (unpaired) electrons. The number of hydrogen-bond acceptors (Lipinski definition) is 4. The predicted molar refractivity (Wildman–Crippen MR) is 94.3 cm³/mol. The summed E-state index contributed by atoms with van der Waals surface area (Å²) in [5.41, 5.74) is 2.63. The lowest BCUT2D eigenvalue weighted by Gasteiger charge is -2.06. The number of benzene rings is 2. The van der Waals surface area contributed by atoms with E-state index in [1.807, 2.05) is 24.3 Å². The number of rotatable bonds is 5. The van der Waals surface area contributed by atoms with Gasteiger partial charge in [-0.05, 0) is 48.5 Å². The predicted octanol–water partition coefficient (Wildman–Crippen LogP) is 3.30. The molecule has 0 aliphatic rings. The number of fused-ring (bicyclic) bond motifs is 1. The first-order chi connectivity index (χ1) is 12.1. The fourth-order valence-electron chi connectivity index (χ4n) is 2.54. The molecule has 0 saturated carbocycles. The van der Waals surface area contributed by atoms with Crippen molar-refractivity contribution in [3.8, 4) is 11.4 Å². The van der Waals surface area contributed by atoms with E-state index in [0.29, 0.717) is 11.6 Å². The molecule has 0 fully saturated rings. The van der Waals surface area contributed by atoms with Crippen molar-refractivity contribution in [1.29, 1.82) is 0 Å². The summed E-state index contributed by atoms with van der Waals surface area (Å²) in [6, 6.07) is 17.8. The number of H-pyrrole nitrogens is 1. The summed E-state index contributed by atoms with van der Waals surface area (Å²) >= 11 is 0. The van der Waals surface area contributed by atoms with Crippen LogP contribution in [-0.2, 0) is 16.6 Å². The number of imidazole rings is 1. The van der Waals surface area contributed by atoms with Gasteiger partial charge >= 0.3 is 0 Å². The molecule has 0 amide bonds. The molecular weight excluding hydrogens is 338 g/mol. The SMILES string of the molecule is O=S(=O)(NCc1ccco1)c1ccc(-c2nc3ccccc3[nH]2)cc1. The average molecular weight is 353 g/mol. The molecule has 0 bridgehead atoms. The number of nitrogens with zero attached hydrogens (tertiary/aromatic N) is 1. The summed E-state index contributed by atoms with van der Waals surface area (Å²) < 4.78 is 32.3. The highest BCUT2D eigenvalue weighted by atomic mass is 32.2. The Morgan fingerprint density at radius 1 is 1.00 bits per heavy atom. The molecule has 4 rings (SSSR count). The van der Waals surface area contributed by atoms with Crippen LogP contribution in [0.1, 0.15) is 5.76 Å². The second-order valence-corrected chi connectivity index (χ2v) is 7.30. The molecule has 2 aromatic heterocycles. The van der Waals surface area contributed by atoms with Crippen LogP contribution >= 0.6 is 0 Å². The van der Waals surface area contributed by atoms with E-state index in [1.54, 1.807) is 36.4 Å².